The Morgan fingerprint density at radius 3 is 2.27 bits per heavy atom. The van der Waals surface area contributed by atoms with Gasteiger partial charge in [-0.1, -0.05) is 0 Å². The lowest BCUT2D eigenvalue weighted by atomic mass is 10.1. The zero-order valence-corrected chi connectivity index (χ0v) is 6.19. The van der Waals surface area contributed by atoms with Gasteiger partial charge in [-0.05, 0) is 25.2 Å². The van der Waals surface area contributed by atoms with Crippen molar-refractivity contribution in [3.8, 4) is 0 Å². The van der Waals surface area contributed by atoms with Gasteiger partial charge in [0.05, 0.1) is 0 Å². The summed E-state index contributed by atoms with van der Waals surface area (Å²) in [7, 11) is 0. The molecule has 0 heterocycles. The molecular formula is C7H12F3N. The van der Waals surface area contributed by atoms with Gasteiger partial charge in [0.25, 0.3) is 0 Å². The Balaban J connectivity index is 2.10. The van der Waals surface area contributed by atoms with Gasteiger partial charge in [0.2, 0.25) is 0 Å². The molecule has 0 aromatic rings. The molecule has 0 aromatic heterocycles. The fraction of sp³-hybridized carbons (Fsp3) is 1.00. The van der Waals surface area contributed by atoms with Crippen LogP contribution in [0.4, 0.5) is 13.2 Å². The van der Waals surface area contributed by atoms with Crippen LogP contribution in [0.15, 0.2) is 0 Å². The summed E-state index contributed by atoms with van der Waals surface area (Å²) in [6, 6.07) is -0.225. The maximum atomic E-state index is 11.6. The SMILES string of the molecule is N[C@@H](CCC(F)(F)F)C1CC1. The van der Waals surface area contributed by atoms with Crippen molar-refractivity contribution in [2.24, 2.45) is 11.7 Å². The predicted molar refractivity (Wildman–Crippen MR) is 36.0 cm³/mol. The fourth-order valence-corrected chi connectivity index (χ4v) is 1.09. The van der Waals surface area contributed by atoms with E-state index in [9.17, 15) is 13.2 Å². The first kappa shape index (κ1) is 8.84. The lowest BCUT2D eigenvalue weighted by Gasteiger charge is -2.11. The minimum atomic E-state index is -4.04. The van der Waals surface area contributed by atoms with Crippen LogP contribution in [0.25, 0.3) is 0 Å². The van der Waals surface area contributed by atoms with Gasteiger partial charge in [0, 0.05) is 12.5 Å². The summed E-state index contributed by atoms with van der Waals surface area (Å²) in [6.07, 6.45) is -2.65. The fourth-order valence-electron chi connectivity index (χ4n) is 1.09. The van der Waals surface area contributed by atoms with Gasteiger partial charge in [0.1, 0.15) is 0 Å². The summed E-state index contributed by atoms with van der Waals surface area (Å²) in [4.78, 5) is 0. The minimum Gasteiger partial charge on any atom is -0.327 e. The zero-order valence-electron chi connectivity index (χ0n) is 6.19. The molecule has 1 aliphatic rings. The van der Waals surface area contributed by atoms with Crippen LogP contribution in [0.2, 0.25) is 0 Å². The molecule has 0 aliphatic heterocycles. The van der Waals surface area contributed by atoms with Crippen LogP contribution in [0.1, 0.15) is 25.7 Å². The van der Waals surface area contributed by atoms with E-state index < -0.39 is 12.6 Å². The first-order valence-corrected chi connectivity index (χ1v) is 3.81. The first-order chi connectivity index (χ1) is 4.99. The highest BCUT2D eigenvalue weighted by molar-refractivity contribution is 4.84. The molecule has 0 amide bonds. The van der Waals surface area contributed by atoms with Crippen molar-refractivity contribution in [3.63, 3.8) is 0 Å². The number of nitrogens with two attached hydrogens (primary N) is 1. The normalized spacial score (nSPS) is 21.8. The van der Waals surface area contributed by atoms with Crippen molar-refractivity contribution in [2.75, 3.05) is 0 Å². The molecule has 11 heavy (non-hydrogen) atoms. The molecule has 2 N–H and O–H groups in total. The monoisotopic (exact) mass is 167 g/mol. The maximum absolute atomic E-state index is 11.6. The summed E-state index contributed by atoms with van der Waals surface area (Å²) in [5.74, 6) is 0.373. The van der Waals surface area contributed by atoms with Crippen LogP contribution in [-0.4, -0.2) is 12.2 Å². The number of alkyl halides is 3. The molecule has 1 saturated carbocycles. The van der Waals surface area contributed by atoms with Crippen molar-refractivity contribution >= 4 is 0 Å². The summed E-state index contributed by atoms with van der Waals surface area (Å²) in [5.41, 5.74) is 5.49. The summed E-state index contributed by atoms with van der Waals surface area (Å²) in [6.45, 7) is 0. The van der Waals surface area contributed by atoms with Gasteiger partial charge in [-0.25, -0.2) is 0 Å². The largest absolute Gasteiger partial charge is 0.389 e. The Bertz CT molecular complexity index is 128. The van der Waals surface area contributed by atoms with Crippen LogP contribution >= 0.6 is 0 Å². The predicted octanol–water partition coefficient (Wildman–Crippen LogP) is 2.07. The van der Waals surface area contributed by atoms with Gasteiger partial charge >= 0.3 is 6.18 Å². The van der Waals surface area contributed by atoms with Crippen LogP contribution in [0.3, 0.4) is 0 Å². The highest BCUT2D eigenvalue weighted by Gasteiger charge is 2.33. The van der Waals surface area contributed by atoms with Gasteiger partial charge in [-0.2, -0.15) is 13.2 Å². The van der Waals surface area contributed by atoms with Crippen LogP contribution in [-0.2, 0) is 0 Å². The highest BCUT2D eigenvalue weighted by atomic mass is 19.4. The Kier molecular flexibility index (Phi) is 2.42. The van der Waals surface area contributed by atoms with Gasteiger partial charge in [-0.3, -0.25) is 0 Å². The molecule has 1 aliphatic carbocycles. The van der Waals surface area contributed by atoms with E-state index >= 15 is 0 Å². The van der Waals surface area contributed by atoms with Gasteiger partial charge in [-0.15, -0.1) is 0 Å². The number of hydrogen-bond acceptors (Lipinski definition) is 1. The van der Waals surface area contributed by atoms with Gasteiger partial charge < -0.3 is 5.73 Å². The van der Waals surface area contributed by atoms with E-state index in [1.54, 1.807) is 0 Å². The molecule has 0 saturated heterocycles. The molecule has 0 aromatic carbocycles. The molecule has 66 valence electrons. The third-order valence-corrected chi connectivity index (χ3v) is 1.99. The van der Waals surface area contributed by atoms with E-state index in [0.29, 0.717) is 5.92 Å². The number of halogens is 3. The number of rotatable bonds is 3. The van der Waals surface area contributed by atoms with E-state index in [4.69, 9.17) is 5.73 Å². The Morgan fingerprint density at radius 2 is 1.91 bits per heavy atom. The first-order valence-electron chi connectivity index (χ1n) is 3.81. The van der Waals surface area contributed by atoms with Crippen LogP contribution in [0, 0.1) is 5.92 Å². The second kappa shape index (κ2) is 3.01. The average molecular weight is 167 g/mol. The van der Waals surface area contributed by atoms with Crippen molar-refractivity contribution in [1.29, 1.82) is 0 Å². The molecule has 0 unspecified atom stereocenters. The standard InChI is InChI=1S/C7H12F3N/c8-7(9,10)4-3-6(11)5-1-2-5/h5-6H,1-4,11H2/t6-/m0/s1. The lowest BCUT2D eigenvalue weighted by molar-refractivity contribution is -0.136. The lowest BCUT2D eigenvalue weighted by Crippen LogP contribution is -2.24. The Hall–Kier alpha value is -0.250. The molecular weight excluding hydrogens is 155 g/mol. The Morgan fingerprint density at radius 1 is 1.36 bits per heavy atom. The van der Waals surface area contributed by atoms with Crippen molar-refractivity contribution < 1.29 is 13.2 Å². The summed E-state index contributed by atoms with van der Waals surface area (Å²) >= 11 is 0. The minimum absolute atomic E-state index is 0.0914. The molecule has 1 rings (SSSR count). The van der Waals surface area contributed by atoms with Crippen molar-refractivity contribution in [2.45, 2.75) is 37.9 Å². The van der Waals surface area contributed by atoms with Crippen LogP contribution in [0.5, 0.6) is 0 Å². The number of hydrogen-bond donors (Lipinski definition) is 1. The topological polar surface area (TPSA) is 26.0 Å². The van der Waals surface area contributed by atoms with Crippen molar-refractivity contribution in [1.82, 2.24) is 0 Å². The summed E-state index contributed by atoms with van der Waals surface area (Å²) in [5, 5.41) is 0. The molecule has 4 heteroatoms. The zero-order chi connectivity index (χ0) is 8.48. The molecule has 1 atom stereocenters. The summed E-state index contributed by atoms with van der Waals surface area (Å²) < 4.78 is 34.9. The van der Waals surface area contributed by atoms with E-state index in [-0.39, 0.29) is 12.5 Å². The molecule has 0 bridgehead atoms. The molecule has 0 radical (unpaired) electrons. The second-order valence-electron chi connectivity index (χ2n) is 3.16. The average Bonchev–Trinajstić information content (AvgIpc) is 2.61. The third kappa shape index (κ3) is 3.60. The Labute approximate surface area is 63.8 Å². The molecule has 0 spiro atoms. The van der Waals surface area contributed by atoms with Crippen LogP contribution < -0.4 is 5.73 Å². The van der Waals surface area contributed by atoms with Crippen molar-refractivity contribution in [3.05, 3.63) is 0 Å². The van der Waals surface area contributed by atoms with Gasteiger partial charge in [0.15, 0.2) is 0 Å². The molecule has 1 fully saturated rings. The highest BCUT2D eigenvalue weighted by Crippen LogP contribution is 2.34. The van der Waals surface area contributed by atoms with E-state index in [2.05, 4.69) is 0 Å². The second-order valence-corrected chi connectivity index (χ2v) is 3.16. The van der Waals surface area contributed by atoms with E-state index in [1.807, 2.05) is 0 Å². The maximum Gasteiger partial charge on any atom is 0.389 e. The quantitative estimate of drug-likeness (QED) is 0.684. The van der Waals surface area contributed by atoms with E-state index in [0.717, 1.165) is 12.8 Å². The van der Waals surface area contributed by atoms with E-state index in [1.165, 1.54) is 0 Å². The smallest absolute Gasteiger partial charge is 0.327 e. The third-order valence-electron chi connectivity index (χ3n) is 1.99. The molecule has 1 nitrogen and oxygen atoms in total.